The molecular formula is C15H16BrNO2. The number of aromatic nitrogens is 1. The van der Waals surface area contributed by atoms with E-state index in [0.717, 1.165) is 16.6 Å². The fraction of sp³-hybridized carbons (Fsp3) is 0.333. The first-order valence-corrected chi connectivity index (χ1v) is 7.21. The molecule has 0 amide bonds. The molecule has 0 N–H and O–H groups in total. The second-order valence-corrected chi connectivity index (χ2v) is 5.87. The van der Waals surface area contributed by atoms with Gasteiger partial charge in [-0.25, -0.2) is 4.79 Å². The lowest BCUT2D eigenvalue weighted by molar-refractivity contribution is 0.00716. The highest BCUT2D eigenvalue weighted by Gasteiger charge is 2.20. The molecule has 0 saturated carbocycles. The van der Waals surface area contributed by atoms with Crippen molar-refractivity contribution in [2.24, 2.45) is 0 Å². The number of ether oxygens (including phenoxy) is 1. The SMILES string of the molecule is CC(C)(C)OC(=O)c1cc(CBr)nc2ccccc12. The van der Waals surface area contributed by atoms with Crippen LogP contribution in [0, 0.1) is 0 Å². The van der Waals surface area contributed by atoms with E-state index in [-0.39, 0.29) is 5.97 Å². The van der Waals surface area contributed by atoms with Gasteiger partial charge in [-0.3, -0.25) is 4.98 Å². The molecule has 0 radical (unpaired) electrons. The van der Waals surface area contributed by atoms with E-state index < -0.39 is 5.60 Å². The van der Waals surface area contributed by atoms with Gasteiger partial charge in [0.25, 0.3) is 0 Å². The summed E-state index contributed by atoms with van der Waals surface area (Å²) in [6, 6.07) is 9.37. The highest BCUT2D eigenvalue weighted by molar-refractivity contribution is 9.08. The first-order valence-electron chi connectivity index (χ1n) is 6.09. The van der Waals surface area contributed by atoms with Crippen LogP contribution in [-0.4, -0.2) is 16.6 Å². The van der Waals surface area contributed by atoms with Crippen molar-refractivity contribution in [2.45, 2.75) is 31.7 Å². The lowest BCUT2D eigenvalue weighted by Crippen LogP contribution is -2.24. The maximum Gasteiger partial charge on any atom is 0.339 e. The van der Waals surface area contributed by atoms with Crippen LogP contribution in [0.25, 0.3) is 10.9 Å². The van der Waals surface area contributed by atoms with Crippen molar-refractivity contribution in [1.29, 1.82) is 0 Å². The van der Waals surface area contributed by atoms with E-state index in [0.29, 0.717) is 10.9 Å². The van der Waals surface area contributed by atoms with Crippen molar-refractivity contribution < 1.29 is 9.53 Å². The molecule has 100 valence electrons. The Morgan fingerprint density at radius 1 is 1.32 bits per heavy atom. The monoisotopic (exact) mass is 321 g/mol. The van der Waals surface area contributed by atoms with Crippen LogP contribution in [0.15, 0.2) is 30.3 Å². The minimum absolute atomic E-state index is 0.312. The number of para-hydroxylation sites is 1. The van der Waals surface area contributed by atoms with Crippen LogP contribution in [-0.2, 0) is 10.1 Å². The molecule has 0 unspecified atom stereocenters. The van der Waals surface area contributed by atoms with Crippen LogP contribution in [0.2, 0.25) is 0 Å². The van der Waals surface area contributed by atoms with Gasteiger partial charge >= 0.3 is 5.97 Å². The van der Waals surface area contributed by atoms with Crippen LogP contribution in [0.5, 0.6) is 0 Å². The van der Waals surface area contributed by atoms with Gasteiger partial charge in [0.1, 0.15) is 5.60 Å². The second kappa shape index (κ2) is 5.29. The summed E-state index contributed by atoms with van der Waals surface area (Å²) < 4.78 is 5.45. The molecule has 0 aliphatic rings. The van der Waals surface area contributed by atoms with E-state index in [4.69, 9.17) is 4.74 Å². The van der Waals surface area contributed by atoms with Gasteiger partial charge in [-0.1, -0.05) is 34.1 Å². The Labute approximate surface area is 121 Å². The Morgan fingerprint density at radius 2 is 2.00 bits per heavy atom. The highest BCUT2D eigenvalue weighted by Crippen LogP contribution is 2.22. The summed E-state index contributed by atoms with van der Waals surface area (Å²) in [5.74, 6) is -0.312. The molecule has 1 aromatic carbocycles. The number of rotatable bonds is 2. The molecule has 4 heteroatoms. The molecule has 0 saturated heterocycles. The fourth-order valence-electron chi connectivity index (χ4n) is 1.80. The van der Waals surface area contributed by atoms with Gasteiger partial charge in [-0.2, -0.15) is 0 Å². The van der Waals surface area contributed by atoms with E-state index in [1.165, 1.54) is 0 Å². The number of hydrogen-bond acceptors (Lipinski definition) is 3. The predicted molar refractivity (Wildman–Crippen MR) is 79.5 cm³/mol. The standard InChI is InChI=1S/C15H16BrNO2/c1-15(2,3)19-14(18)12-8-10(9-16)17-13-7-5-4-6-11(12)13/h4-8H,9H2,1-3H3. The van der Waals surface area contributed by atoms with Crippen LogP contribution in [0.1, 0.15) is 36.8 Å². The molecule has 0 aliphatic heterocycles. The van der Waals surface area contributed by atoms with E-state index in [1.54, 1.807) is 6.07 Å². The van der Waals surface area contributed by atoms with Crippen LogP contribution < -0.4 is 0 Å². The first kappa shape index (κ1) is 14.0. The lowest BCUT2D eigenvalue weighted by atomic mass is 10.1. The lowest BCUT2D eigenvalue weighted by Gasteiger charge is -2.20. The number of carbonyl (C=O) groups excluding carboxylic acids is 1. The zero-order valence-corrected chi connectivity index (χ0v) is 12.8. The van der Waals surface area contributed by atoms with Gasteiger partial charge in [0.05, 0.1) is 16.8 Å². The predicted octanol–water partition coefficient (Wildman–Crippen LogP) is 4.09. The molecule has 19 heavy (non-hydrogen) atoms. The van der Waals surface area contributed by atoms with Crippen molar-refractivity contribution in [2.75, 3.05) is 0 Å². The van der Waals surface area contributed by atoms with E-state index in [2.05, 4.69) is 20.9 Å². The molecule has 0 atom stereocenters. The Morgan fingerprint density at radius 3 is 2.63 bits per heavy atom. The molecule has 2 rings (SSSR count). The molecule has 2 aromatic rings. The van der Waals surface area contributed by atoms with E-state index in [1.807, 2.05) is 45.0 Å². The topological polar surface area (TPSA) is 39.2 Å². The minimum atomic E-state index is -0.504. The summed E-state index contributed by atoms with van der Waals surface area (Å²) in [5.41, 5.74) is 1.69. The maximum atomic E-state index is 12.3. The Bertz CT molecular complexity index is 617. The zero-order chi connectivity index (χ0) is 14.0. The minimum Gasteiger partial charge on any atom is -0.456 e. The van der Waals surface area contributed by atoms with Crippen molar-refractivity contribution >= 4 is 32.8 Å². The Kier molecular flexibility index (Phi) is 3.90. The van der Waals surface area contributed by atoms with Gasteiger partial charge in [-0.05, 0) is 32.9 Å². The average molecular weight is 322 g/mol. The van der Waals surface area contributed by atoms with Crippen molar-refractivity contribution in [1.82, 2.24) is 4.98 Å². The number of benzene rings is 1. The highest BCUT2D eigenvalue weighted by atomic mass is 79.9. The smallest absolute Gasteiger partial charge is 0.339 e. The summed E-state index contributed by atoms with van der Waals surface area (Å²) in [7, 11) is 0. The number of halogens is 1. The third-order valence-electron chi connectivity index (χ3n) is 2.52. The number of pyridine rings is 1. The summed E-state index contributed by atoms with van der Waals surface area (Å²) >= 11 is 3.37. The number of esters is 1. The zero-order valence-electron chi connectivity index (χ0n) is 11.2. The molecule has 1 aromatic heterocycles. The second-order valence-electron chi connectivity index (χ2n) is 5.31. The fourth-order valence-corrected chi connectivity index (χ4v) is 2.09. The number of alkyl halides is 1. The van der Waals surface area contributed by atoms with Crippen molar-refractivity contribution in [3.8, 4) is 0 Å². The largest absolute Gasteiger partial charge is 0.456 e. The van der Waals surface area contributed by atoms with Crippen LogP contribution in [0.4, 0.5) is 0 Å². The quantitative estimate of drug-likeness (QED) is 0.618. The van der Waals surface area contributed by atoms with Gasteiger partial charge < -0.3 is 4.74 Å². The average Bonchev–Trinajstić information content (AvgIpc) is 2.35. The normalized spacial score (nSPS) is 11.6. The molecular weight excluding hydrogens is 306 g/mol. The van der Waals surface area contributed by atoms with Gasteiger partial charge in [-0.15, -0.1) is 0 Å². The third kappa shape index (κ3) is 3.32. The maximum absolute atomic E-state index is 12.3. The molecule has 1 heterocycles. The third-order valence-corrected chi connectivity index (χ3v) is 3.10. The van der Waals surface area contributed by atoms with Crippen molar-refractivity contribution in [3.63, 3.8) is 0 Å². The molecule has 0 fully saturated rings. The van der Waals surface area contributed by atoms with E-state index in [9.17, 15) is 4.79 Å². The number of fused-ring (bicyclic) bond motifs is 1. The molecule has 0 bridgehead atoms. The van der Waals surface area contributed by atoms with Gasteiger partial charge in [0.15, 0.2) is 0 Å². The summed E-state index contributed by atoms with van der Waals surface area (Å²) in [4.78, 5) is 16.8. The van der Waals surface area contributed by atoms with Crippen LogP contribution >= 0.6 is 15.9 Å². The number of hydrogen-bond donors (Lipinski definition) is 0. The number of nitrogens with zero attached hydrogens (tertiary/aromatic N) is 1. The van der Waals surface area contributed by atoms with Crippen LogP contribution in [0.3, 0.4) is 0 Å². The van der Waals surface area contributed by atoms with Gasteiger partial charge in [0.2, 0.25) is 0 Å². The molecule has 3 nitrogen and oxygen atoms in total. The van der Waals surface area contributed by atoms with Crippen molar-refractivity contribution in [3.05, 3.63) is 41.6 Å². The number of carbonyl (C=O) groups is 1. The van der Waals surface area contributed by atoms with E-state index >= 15 is 0 Å². The molecule has 0 aliphatic carbocycles. The Hall–Kier alpha value is -1.42. The summed E-state index contributed by atoms with van der Waals surface area (Å²) in [6.07, 6.45) is 0. The summed E-state index contributed by atoms with van der Waals surface area (Å²) in [5, 5.41) is 1.43. The first-order chi connectivity index (χ1) is 8.90. The Balaban J connectivity index is 2.54. The molecule has 0 spiro atoms. The summed E-state index contributed by atoms with van der Waals surface area (Å²) in [6.45, 7) is 5.58. The van der Waals surface area contributed by atoms with Gasteiger partial charge in [0, 0.05) is 10.7 Å².